The molecular formula is C21H31N5. The molecule has 1 aromatic carbocycles. The lowest BCUT2D eigenvalue weighted by molar-refractivity contribution is 0.336. The molecule has 6 N–H and O–H groups in total. The number of aryl methyl sites for hydroxylation is 1. The van der Waals surface area contributed by atoms with Crippen LogP contribution in [0.25, 0.3) is 0 Å². The molecule has 0 amide bonds. The molecule has 1 saturated heterocycles. The first-order chi connectivity index (χ1) is 12.6. The average Bonchev–Trinajstić information content (AvgIpc) is 3.07. The Morgan fingerprint density at radius 2 is 2.04 bits per heavy atom. The van der Waals surface area contributed by atoms with E-state index in [4.69, 9.17) is 11.5 Å². The van der Waals surface area contributed by atoms with Gasteiger partial charge in [-0.25, -0.2) is 4.98 Å². The second-order valence-electron chi connectivity index (χ2n) is 7.45. The quantitative estimate of drug-likeness (QED) is 0.540. The largest absolute Gasteiger partial charge is 0.384 e. The average molecular weight is 354 g/mol. The number of hydrogen-bond donors (Lipinski definition) is 4. The van der Waals surface area contributed by atoms with Gasteiger partial charge in [0.15, 0.2) is 0 Å². The number of nitrogens with two attached hydrogens (primary N) is 2. The van der Waals surface area contributed by atoms with Crippen LogP contribution in [0.1, 0.15) is 16.8 Å². The van der Waals surface area contributed by atoms with Crippen molar-refractivity contribution < 1.29 is 0 Å². The number of hydrogen-bond acceptors (Lipinski definition) is 5. The Hall–Kier alpha value is -1.95. The van der Waals surface area contributed by atoms with Crippen molar-refractivity contribution in [2.75, 3.05) is 31.9 Å². The smallest absolute Gasteiger partial charge is 0.123 e. The van der Waals surface area contributed by atoms with Gasteiger partial charge in [0.25, 0.3) is 0 Å². The number of nitrogen functional groups attached to an aromatic ring is 1. The zero-order valence-corrected chi connectivity index (χ0v) is 15.6. The number of nitrogens with zero attached hydrogens (tertiary/aromatic N) is 1. The first-order valence-electron chi connectivity index (χ1n) is 9.56. The Bertz CT molecular complexity index is 668. The maximum absolute atomic E-state index is 6.51. The molecule has 140 valence electrons. The van der Waals surface area contributed by atoms with Crippen LogP contribution in [0.15, 0.2) is 42.5 Å². The zero-order chi connectivity index (χ0) is 18.4. The fourth-order valence-corrected chi connectivity index (χ4v) is 3.92. The van der Waals surface area contributed by atoms with E-state index < -0.39 is 0 Å². The molecule has 1 aliphatic rings. The normalized spacial score (nSPS) is 21.0. The summed E-state index contributed by atoms with van der Waals surface area (Å²) in [5.74, 6) is 1.58. The highest BCUT2D eigenvalue weighted by Gasteiger charge is 2.31. The first-order valence-corrected chi connectivity index (χ1v) is 9.56. The standard InChI is InChI=1S/C21H31N5/c1-15-9-18(26-21(23)10-15)11-17-12-25-13-19(17)20(22)14-24-8-7-16-5-3-2-4-6-16/h2-6,9-10,17,19-20,24-25H,7-8,11-14,22H2,1H3,(H2,23,26)/t17-,19-,20?/m1/s1. The van der Waals surface area contributed by atoms with Crippen LogP contribution in [0.2, 0.25) is 0 Å². The van der Waals surface area contributed by atoms with E-state index in [0.717, 1.165) is 44.7 Å². The van der Waals surface area contributed by atoms with E-state index in [9.17, 15) is 0 Å². The first kappa shape index (κ1) is 18.8. The van der Waals surface area contributed by atoms with E-state index in [0.29, 0.717) is 17.7 Å². The summed E-state index contributed by atoms with van der Waals surface area (Å²) in [6.45, 7) is 5.84. The lowest BCUT2D eigenvalue weighted by atomic mass is 9.86. The molecule has 2 heterocycles. The Kier molecular flexibility index (Phi) is 6.61. The van der Waals surface area contributed by atoms with Crippen LogP contribution < -0.4 is 22.1 Å². The third kappa shape index (κ3) is 5.27. The summed E-state index contributed by atoms with van der Waals surface area (Å²) in [7, 11) is 0. The molecule has 0 radical (unpaired) electrons. The van der Waals surface area contributed by atoms with E-state index in [2.05, 4.69) is 58.9 Å². The number of nitrogens with one attached hydrogen (secondary N) is 2. The molecule has 5 nitrogen and oxygen atoms in total. The summed E-state index contributed by atoms with van der Waals surface area (Å²) in [6, 6.07) is 14.7. The maximum Gasteiger partial charge on any atom is 0.123 e. The Morgan fingerprint density at radius 1 is 1.23 bits per heavy atom. The van der Waals surface area contributed by atoms with Gasteiger partial charge in [-0.1, -0.05) is 30.3 Å². The Morgan fingerprint density at radius 3 is 2.81 bits per heavy atom. The summed E-state index contributed by atoms with van der Waals surface area (Å²) in [5.41, 5.74) is 16.0. The zero-order valence-electron chi connectivity index (χ0n) is 15.6. The van der Waals surface area contributed by atoms with Gasteiger partial charge in [0, 0.05) is 18.3 Å². The van der Waals surface area contributed by atoms with Crippen LogP contribution >= 0.6 is 0 Å². The molecule has 1 aromatic heterocycles. The monoisotopic (exact) mass is 353 g/mol. The van der Waals surface area contributed by atoms with E-state index in [1.807, 2.05) is 6.07 Å². The summed E-state index contributed by atoms with van der Waals surface area (Å²) in [5, 5.41) is 7.03. The fourth-order valence-electron chi connectivity index (χ4n) is 3.92. The number of aromatic nitrogens is 1. The SMILES string of the molecule is Cc1cc(N)nc(C[C@@H]2CNC[C@H]2C(N)CNCCc2ccccc2)c1. The van der Waals surface area contributed by atoms with Gasteiger partial charge >= 0.3 is 0 Å². The molecule has 3 atom stereocenters. The van der Waals surface area contributed by atoms with Gasteiger partial charge in [-0.15, -0.1) is 0 Å². The van der Waals surface area contributed by atoms with E-state index in [1.165, 1.54) is 11.1 Å². The van der Waals surface area contributed by atoms with Gasteiger partial charge in [-0.2, -0.15) is 0 Å². The minimum atomic E-state index is 0.146. The molecule has 1 fully saturated rings. The van der Waals surface area contributed by atoms with Crippen LogP contribution in [0.5, 0.6) is 0 Å². The van der Waals surface area contributed by atoms with Gasteiger partial charge in [0.05, 0.1) is 0 Å². The highest BCUT2D eigenvalue weighted by molar-refractivity contribution is 5.34. The number of benzene rings is 1. The van der Waals surface area contributed by atoms with Crippen molar-refractivity contribution in [3.05, 3.63) is 59.3 Å². The Balaban J connectivity index is 1.47. The molecule has 26 heavy (non-hydrogen) atoms. The number of anilines is 1. The van der Waals surface area contributed by atoms with Gasteiger partial charge in [-0.05, 0) is 74.5 Å². The second kappa shape index (κ2) is 9.12. The van der Waals surface area contributed by atoms with Gasteiger partial charge in [0.2, 0.25) is 0 Å². The minimum absolute atomic E-state index is 0.146. The molecule has 0 spiro atoms. The van der Waals surface area contributed by atoms with E-state index in [1.54, 1.807) is 0 Å². The lowest BCUT2D eigenvalue weighted by Gasteiger charge is -2.25. The molecule has 1 aliphatic heterocycles. The maximum atomic E-state index is 6.51. The molecule has 3 rings (SSSR count). The van der Waals surface area contributed by atoms with Crippen LogP contribution in [0.4, 0.5) is 5.82 Å². The molecule has 0 saturated carbocycles. The van der Waals surface area contributed by atoms with Crippen molar-refractivity contribution in [1.29, 1.82) is 0 Å². The second-order valence-corrected chi connectivity index (χ2v) is 7.45. The Labute approximate surface area is 156 Å². The van der Waals surface area contributed by atoms with Gasteiger partial charge < -0.3 is 22.1 Å². The third-order valence-corrected chi connectivity index (χ3v) is 5.27. The molecule has 0 aliphatic carbocycles. The highest BCUT2D eigenvalue weighted by Crippen LogP contribution is 2.24. The van der Waals surface area contributed by atoms with Crippen molar-refractivity contribution >= 4 is 5.82 Å². The van der Waals surface area contributed by atoms with E-state index >= 15 is 0 Å². The predicted octanol–water partition coefficient (Wildman–Crippen LogP) is 1.51. The fraction of sp³-hybridized carbons (Fsp3) is 0.476. The van der Waals surface area contributed by atoms with Crippen LogP contribution in [-0.2, 0) is 12.8 Å². The molecule has 1 unspecified atom stereocenters. The number of rotatable bonds is 8. The van der Waals surface area contributed by atoms with Crippen LogP contribution in [0.3, 0.4) is 0 Å². The van der Waals surface area contributed by atoms with Gasteiger partial charge in [0.1, 0.15) is 5.82 Å². The van der Waals surface area contributed by atoms with Crippen molar-refractivity contribution in [2.24, 2.45) is 17.6 Å². The molecule has 0 bridgehead atoms. The summed E-state index contributed by atoms with van der Waals surface area (Å²) < 4.78 is 0. The van der Waals surface area contributed by atoms with Crippen LogP contribution in [0, 0.1) is 18.8 Å². The van der Waals surface area contributed by atoms with E-state index in [-0.39, 0.29) is 6.04 Å². The summed E-state index contributed by atoms with van der Waals surface area (Å²) in [6.07, 6.45) is 1.97. The minimum Gasteiger partial charge on any atom is -0.384 e. The summed E-state index contributed by atoms with van der Waals surface area (Å²) >= 11 is 0. The molecular weight excluding hydrogens is 322 g/mol. The lowest BCUT2D eigenvalue weighted by Crippen LogP contribution is -2.44. The van der Waals surface area contributed by atoms with Gasteiger partial charge in [-0.3, -0.25) is 0 Å². The highest BCUT2D eigenvalue weighted by atomic mass is 15.0. The van der Waals surface area contributed by atoms with Crippen molar-refractivity contribution in [1.82, 2.24) is 15.6 Å². The van der Waals surface area contributed by atoms with Crippen molar-refractivity contribution in [3.8, 4) is 0 Å². The van der Waals surface area contributed by atoms with Crippen molar-refractivity contribution in [2.45, 2.75) is 25.8 Å². The van der Waals surface area contributed by atoms with Crippen LogP contribution in [-0.4, -0.2) is 37.2 Å². The van der Waals surface area contributed by atoms with Crippen molar-refractivity contribution in [3.63, 3.8) is 0 Å². The topological polar surface area (TPSA) is 89.0 Å². The molecule has 5 heteroatoms. The predicted molar refractivity (Wildman–Crippen MR) is 108 cm³/mol. The summed E-state index contributed by atoms with van der Waals surface area (Å²) in [4.78, 5) is 4.49. The number of pyridine rings is 1. The third-order valence-electron chi connectivity index (χ3n) is 5.27. The molecule has 2 aromatic rings.